The highest BCUT2D eigenvalue weighted by molar-refractivity contribution is 14.1. The zero-order chi connectivity index (χ0) is 14.5. The molecule has 1 aliphatic heterocycles. The number of rotatable bonds is 4. The first-order valence-electron chi connectivity index (χ1n) is 7.30. The minimum absolute atomic E-state index is 0.0293. The number of carbonyl (C=O) groups excluding carboxylic acids is 1. The quantitative estimate of drug-likeness (QED) is 0.807. The third kappa shape index (κ3) is 4.74. The summed E-state index contributed by atoms with van der Waals surface area (Å²) < 4.78 is 1.09. The summed E-state index contributed by atoms with van der Waals surface area (Å²) in [5.74, 6) is 1.57. The Hall–Kier alpha value is -0.620. The molecule has 110 valence electrons. The van der Waals surface area contributed by atoms with Crippen molar-refractivity contribution in [1.29, 1.82) is 0 Å². The van der Waals surface area contributed by atoms with E-state index in [9.17, 15) is 4.79 Å². The molecule has 1 aromatic carbocycles. The lowest BCUT2D eigenvalue weighted by atomic mass is 9.92. The first-order valence-corrected chi connectivity index (χ1v) is 8.38. The molecule has 0 spiro atoms. The molecule has 0 aromatic heterocycles. The second-order valence-electron chi connectivity index (χ2n) is 5.97. The summed E-state index contributed by atoms with van der Waals surface area (Å²) in [6.45, 7) is 8.61. The topological polar surface area (TPSA) is 32.3 Å². The largest absolute Gasteiger partial charge is 0.351 e. The fourth-order valence-corrected chi connectivity index (χ4v) is 3.58. The molecule has 0 bridgehead atoms. The lowest BCUT2D eigenvalue weighted by Crippen LogP contribution is -2.42. The lowest BCUT2D eigenvalue weighted by Gasteiger charge is -2.34. The normalized spacial score (nSPS) is 23.6. The molecule has 0 aliphatic carbocycles. The van der Waals surface area contributed by atoms with Gasteiger partial charge in [-0.15, -0.1) is 0 Å². The predicted molar refractivity (Wildman–Crippen MR) is 90.9 cm³/mol. The molecule has 1 saturated heterocycles. The van der Waals surface area contributed by atoms with Gasteiger partial charge in [0, 0.05) is 35.3 Å². The van der Waals surface area contributed by atoms with E-state index >= 15 is 0 Å². The molecule has 20 heavy (non-hydrogen) atoms. The molecule has 2 atom stereocenters. The highest BCUT2D eigenvalue weighted by Gasteiger charge is 2.21. The van der Waals surface area contributed by atoms with Crippen LogP contribution in [0, 0.1) is 15.4 Å². The fourth-order valence-electron chi connectivity index (χ4n) is 3.03. The number of nitrogens with one attached hydrogen (secondary N) is 1. The van der Waals surface area contributed by atoms with Gasteiger partial charge < -0.3 is 10.2 Å². The van der Waals surface area contributed by atoms with E-state index in [0.717, 1.165) is 47.1 Å². The monoisotopic (exact) mass is 386 g/mol. The van der Waals surface area contributed by atoms with Crippen LogP contribution in [0.15, 0.2) is 24.3 Å². The van der Waals surface area contributed by atoms with Crippen LogP contribution >= 0.6 is 22.6 Å². The van der Waals surface area contributed by atoms with Gasteiger partial charge in [0.25, 0.3) is 5.91 Å². The van der Waals surface area contributed by atoms with Gasteiger partial charge in [0.1, 0.15) is 0 Å². The summed E-state index contributed by atoms with van der Waals surface area (Å²) in [4.78, 5) is 14.5. The van der Waals surface area contributed by atoms with E-state index in [1.165, 1.54) is 6.42 Å². The fraction of sp³-hybridized carbons (Fsp3) is 0.562. The molecule has 4 heteroatoms. The molecule has 1 heterocycles. The molecule has 1 aliphatic rings. The first-order chi connectivity index (χ1) is 9.54. The van der Waals surface area contributed by atoms with Gasteiger partial charge in [0.15, 0.2) is 0 Å². The summed E-state index contributed by atoms with van der Waals surface area (Å²) in [6.07, 6.45) is 1.32. The average molecular weight is 386 g/mol. The Balaban J connectivity index is 1.77. The minimum atomic E-state index is 0.0293. The first kappa shape index (κ1) is 15.8. The van der Waals surface area contributed by atoms with Gasteiger partial charge in [-0.25, -0.2) is 0 Å². The van der Waals surface area contributed by atoms with Crippen LogP contribution in [0.4, 0.5) is 0 Å². The van der Waals surface area contributed by atoms with Crippen molar-refractivity contribution in [1.82, 2.24) is 10.2 Å². The highest BCUT2D eigenvalue weighted by atomic mass is 127. The second kappa shape index (κ2) is 7.41. The number of hydrogen-bond donors (Lipinski definition) is 1. The van der Waals surface area contributed by atoms with E-state index in [1.807, 2.05) is 24.3 Å². The van der Waals surface area contributed by atoms with E-state index < -0.39 is 0 Å². The molecule has 1 N–H and O–H groups in total. The average Bonchev–Trinajstić information content (AvgIpc) is 2.37. The van der Waals surface area contributed by atoms with Gasteiger partial charge in [-0.05, 0) is 59.0 Å². The summed E-state index contributed by atoms with van der Waals surface area (Å²) in [6, 6.07) is 7.70. The van der Waals surface area contributed by atoms with E-state index in [0.29, 0.717) is 0 Å². The summed E-state index contributed by atoms with van der Waals surface area (Å²) in [7, 11) is 0. The van der Waals surface area contributed by atoms with E-state index in [-0.39, 0.29) is 5.91 Å². The van der Waals surface area contributed by atoms with Crippen LogP contribution in [-0.2, 0) is 0 Å². The van der Waals surface area contributed by atoms with E-state index in [2.05, 4.69) is 46.7 Å². The number of halogens is 1. The van der Waals surface area contributed by atoms with Crippen molar-refractivity contribution >= 4 is 28.5 Å². The zero-order valence-electron chi connectivity index (χ0n) is 12.2. The van der Waals surface area contributed by atoms with Crippen molar-refractivity contribution in [2.75, 3.05) is 26.2 Å². The van der Waals surface area contributed by atoms with Crippen molar-refractivity contribution in [2.45, 2.75) is 20.3 Å². The zero-order valence-corrected chi connectivity index (χ0v) is 14.4. The Morgan fingerprint density at radius 3 is 2.70 bits per heavy atom. The third-order valence-electron chi connectivity index (χ3n) is 3.74. The molecule has 0 radical (unpaired) electrons. The van der Waals surface area contributed by atoms with Crippen LogP contribution in [0.1, 0.15) is 30.6 Å². The molecule has 3 nitrogen and oxygen atoms in total. The lowest BCUT2D eigenvalue weighted by molar-refractivity contribution is 0.0936. The molecule has 1 fully saturated rings. The summed E-state index contributed by atoms with van der Waals surface area (Å²) in [5.41, 5.74) is 0.747. The summed E-state index contributed by atoms with van der Waals surface area (Å²) >= 11 is 2.23. The Morgan fingerprint density at radius 2 is 2.05 bits per heavy atom. The molecule has 0 saturated carbocycles. The van der Waals surface area contributed by atoms with E-state index in [1.54, 1.807) is 0 Å². The number of hydrogen-bond acceptors (Lipinski definition) is 2. The standard InChI is InChI=1S/C16H23IN2O/c1-12-8-13(2)11-19(10-12)7-6-18-16(20)14-4-3-5-15(17)9-14/h3-5,9,12-13H,6-8,10-11H2,1-2H3,(H,18,20)/t12-,13+. The van der Waals surface area contributed by atoms with Gasteiger partial charge in [-0.3, -0.25) is 4.79 Å². The molecule has 1 aromatic rings. The Kier molecular flexibility index (Phi) is 5.84. The van der Waals surface area contributed by atoms with Crippen LogP contribution in [0.5, 0.6) is 0 Å². The van der Waals surface area contributed by atoms with Crippen LogP contribution in [0.3, 0.4) is 0 Å². The number of nitrogens with zero attached hydrogens (tertiary/aromatic N) is 1. The van der Waals surface area contributed by atoms with E-state index in [4.69, 9.17) is 0 Å². The Morgan fingerprint density at radius 1 is 1.35 bits per heavy atom. The molecular weight excluding hydrogens is 363 g/mol. The maximum atomic E-state index is 12.0. The van der Waals surface area contributed by atoms with Crippen molar-refractivity contribution in [3.8, 4) is 0 Å². The van der Waals surface area contributed by atoms with Crippen molar-refractivity contribution in [3.05, 3.63) is 33.4 Å². The number of benzene rings is 1. The number of likely N-dealkylation sites (tertiary alicyclic amines) is 1. The van der Waals surface area contributed by atoms with Crippen molar-refractivity contribution < 1.29 is 4.79 Å². The number of amides is 1. The third-order valence-corrected chi connectivity index (χ3v) is 4.42. The van der Waals surface area contributed by atoms with Gasteiger partial charge in [-0.2, -0.15) is 0 Å². The van der Waals surface area contributed by atoms with Gasteiger partial charge in [0.05, 0.1) is 0 Å². The van der Waals surface area contributed by atoms with Crippen LogP contribution < -0.4 is 5.32 Å². The Labute approximate surface area is 135 Å². The maximum Gasteiger partial charge on any atom is 0.251 e. The van der Waals surface area contributed by atoms with Crippen LogP contribution in [0.2, 0.25) is 0 Å². The van der Waals surface area contributed by atoms with Crippen molar-refractivity contribution in [3.63, 3.8) is 0 Å². The smallest absolute Gasteiger partial charge is 0.251 e. The maximum absolute atomic E-state index is 12.0. The summed E-state index contributed by atoms with van der Waals surface area (Å²) in [5, 5.41) is 3.02. The predicted octanol–water partition coefficient (Wildman–Crippen LogP) is 3.00. The molecule has 1 amide bonds. The Bertz CT molecular complexity index is 454. The van der Waals surface area contributed by atoms with Gasteiger partial charge in [-0.1, -0.05) is 19.9 Å². The molecular formula is C16H23IN2O. The van der Waals surface area contributed by atoms with Gasteiger partial charge in [0.2, 0.25) is 0 Å². The van der Waals surface area contributed by atoms with Crippen molar-refractivity contribution in [2.24, 2.45) is 11.8 Å². The number of carbonyl (C=O) groups is 1. The highest BCUT2D eigenvalue weighted by Crippen LogP contribution is 2.20. The number of piperidine rings is 1. The SMILES string of the molecule is C[C@@H]1C[C@H](C)CN(CCNC(=O)c2cccc(I)c2)C1. The second-order valence-corrected chi connectivity index (χ2v) is 7.22. The molecule has 2 rings (SSSR count). The van der Waals surface area contributed by atoms with Crippen LogP contribution in [-0.4, -0.2) is 37.0 Å². The minimum Gasteiger partial charge on any atom is -0.351 e. The van der Waals surface area contributed by atoms with Gasteiger partial charge >= 0.3 is 0 Å². The van der Waals surface area contributed by atoms with Crippen LogP contribution in [0.25, 0.3) is 0 Å². The molecule has 0 unspecified atom stereocenters.